The topological polar surface area (TPSA) is 42.3 Å². The van der Waals surface area contributed by atoms with Crippen molar-refractivity contribution >= 4 is 0 Å². The summed E-state index contributed by atoms with van der Waals surface area (Å²) in [4.78, 5) is 4.95. The third-order valence-electron chi connectivity index (χ3n) is 4.07. The molecule has 0 aromatic heterocycles. The molecular weight excluding hydrogens is 224 g/mol. The van der Waals surface area contributed by atoms with Gasteiger partial charge in [-0.25, -0.2) is 0 Å². The summed E-state index contributed by atoms with van der Waals surface area (Å²) in [6.45, 7) is 11.6. The maximum Gasteiger partial charge on any atom is 0.105 e. The fraction of sp³-hybridized carbons (Fsp3) is 0.929. The first-order chi connectivity index (χ1) is 8.54. The summed E-state index contributed by atoms with van der Waals surface area (Å²) in [5.41, 5.74) is -0.375. The van der Waals surface area contributed by atoms with E-state index in [1.807, 2.05) is 6.92 Å². The zero-order chi connectivity index (χ0) is 13.6. The number of nitrogens with one attached hydrogen (secondary N) is 1. The van der Waals surface area contributed by atoms with Gasteiger partial charge in [-0.1, -0.05) is 13.8 Å². The quantitative estimate of drug-likeness (QED) is 0.773. The number of likely N-dealkylation sites (N-methyl/N-ethyl adjacent to an activating group) is 1. The molecule has 4 nitrogen and oxygen atoms in total. The second-order valence-corrected chi connectivity index (χ2v) is 5.57. The molecule has 4 heteroatoms. The molecule has 2 unspecified atom stereocenters. The van der Waals surface area contributed by atoms with Gasteiger partial charge in [0.25, 0.3) is 0 Å². The molecular formula is C14H28N4. The molecule has 0 spiro atoms. The van der Waals surface area contributed by atoms with Gasteiger partial charge in [-0.3, -0.25) is 5.32 Å². The van der Waals surface area contributed by atoms with Crippen molar-refractivity contribution in [3.05, 3.63) is 0 Å². The Morgan fingerprint density at radius 3 is 2.67 bits per heavy atom. The van der Waals surface area contributed by atoms with Crippen molar-refractivity contribution in [3.63, 3.8) is 0 Å². The summed E-state index contributed by atoms with van der Waals surface area (Å²) < 4.78 is 0. The Labute approximate surface area is 112 Å². The van der Waals surface area contributed by atoms with Crippen molar-refractivity contribution in [1.29, 1.82) is 5.26 Å². The maximum absolute atomic E-state index is 9.25. The highest BCUT2D eigenvalue weighted by atomic mass is 15.3. The predicted octanol–water partition coefficient (Wildman–Crippen LogP) is 1.29. The number of piperazine rings is 1. The third kappa shape index (κ3) is 4.24. The van der Waals surface area contributed by atoms with Crippen LogP contribution in [0.15, 0.2) is 0 Å². The van der Waals surface area contributed by atoms with Crippen molar-refractivity contribution in [2.75, 3.05) is 39.8 Å². The average Bonchev–Trinajstić information content (AvgIpc) is 2.38. The van der Waals surface area contributed by atoms with Crippen LogP contribution in [0.1, 0.15) is 33.6 Å². The van der Waals surface area contributed by atoms with Gasteiger partial charge in [0.1, 0.15) is 5.54 Å². The van der Waals surface area contributed by atoms with Crippen molar-refractivity contribution in [1.82, 2.24) is 15.1 Å². The monoisotopic (exact) mass is 252 g/mol. The Kier molecular flexibility index (Phi) is 6.07. The van der Waals surface area contributed by atoms with Gasteiger partial charge in [-0.15, -0.1) is 0 Å². The van der Waals surface area contributed by atoms with Crippen molar-refractivity contribution in [3.8, 4) is 6.07 Å². The van der Waals surface area contributed by atoms with Gasteiger partial charge in [-0.2, -0.15) is 5.26 Å². The van der Waals surface area contributed by atoms with Gasteiger partial charge in [0, 0.05) is 32.2 Å². The molecule has 0 aliphatic carbocycles. The molecule has 1 aliphatic rings. The normalized spacial score (nSPS) is 25.6. The van der Waals surface area contributed by atoms with Gasteiger partial charge < -0.3 is 9.80 Å². The Balaban J connectivity index is 2.42. The second-order valence-electron chi connectivity index (χ2n) is 5.57. The van der Waals surface area contributed by atoms with E-state index in [-0.39, 0.29) is 5.54 Å². The standard InChI is InChI=1S/C14H28N4/c1-5-13-11-18(10-9-17(13)4)8-7-14(3,12-15)16-6-2/h13,16H,5-11H2,1-4H3. The van der Waals surface area contributed by atoms with Crippen LogP contribution >= 0.6 is 0 Å². The molecule has 2 atom stereocenters. The van der Waals surface area contributed by atoms with E-state index in [0.717, 1.165) is 39.1 Å². The SMILES string of the molecule is CCNC(C)(C#N)CCN1CCN(C)C(CC)C1. The first kappa shape index (κ1) is 15.4. The van der Waals surface area contributed by atoms with Crippen LogP contribution in [0.3, 0.4) is 0 Å². The lowest BCUT2D eigenvalue weighted by Gasteiger charge is -2.40. The van der Waals surface area contributed by atoms with E-state index in [1.165, 1.54) is 6.42 Å². The van der Waals surface area contributed by atoms with Crippen LogP contribution in [0.5, 0.6) is 0 Å². The summed E-state index contributed by atoms with van der Waals surface area (Å²) in [5.74, 6) is 0. The number of hydrogen-bond acceptors (Lipinski definition) is 4. The lowest BCUT2D eigenvalue weighted by molar-refractivity contribution is 0.0885. The van der Waals surface area contributed by atoms with Crippen LogP contribution in [-0.4, -0.2) is 61.2 Å². The molecule has 0 aromatic carbocycles. The molecule has 0 saturated carbocycles. The van der Waals surface area contributed by atoms with Gasteiger partial charge >= 0.3 is 0 Å². The van der Waals surface area contributed by atoms with Crippen LogP contribution in [0.25, 0.3) is 0 Å². The van der Waals surface area contributed by atoms with E-state index in [4.69, 9.17) is 0 Å². The molecule has 1 fully saturated rings. The first-order valence-corrected chi connectivity index (χ1v) is 7.13. The van der Waals surface area contributed by atoms with Gasteiger partial charge in [-0.05, 0) is 33.4 Å². The van der Waals surface area contributed by atoms with Crippen molar-refractivity contribution < 1.29 is 0 Å². The lowest BCUT2D eigenvalue weighted by atomic mass is 9.99. The van der Waals surface area contributed by atoms with Gasteiger partial charge in [0.15, 0.2) is 0 Å². The molecule has 0 aromatic rings. The molecule has 1 saturated heterocycles. The smallest absolute Gasteiger partial charge is 0.105 e. The Morgan fingerprint density at radius 2 is 2.11 bits per heavy atom. The van der Waals surface area contributed by atoms with E-state index in [0.29, 0.717) is 6.04 Å². The van der Waals surface area contributed by atoms with Crippen LogP contribution in [0.4, 0.5) is 0 Å². The summed E-state index contributed by atoms with van der Waals surface area (Å²) >= 11 is 0. The molecule has 1 aliphatic heterocycles. The number of nitrogens with zero attached hydrogens (tertiary/aromatic N) is 3. The van der Waals surface area contributed by atoms with Crippen molar-refractivity contribution in [2.24, 2.45) is 0 Å². The highest BCUT2D eigenvalue weighted by Crippen LogP contribution is 2.14. The first-order valence-electron chi connectivity index (χ1n) is 7.13. The minimum Gasteiger partial charge on any atom is -0.301 e. The van der Waals surface area contributed by atoms with Crippen LogP contribution in [0.2, 0.25) is 0 Å². The molecule has 0 radical (unpaired) electrons. The summed E-state index contributed by atoms with van der Waals surface area (Å²) in [5, 5.41) is 12.5. The third-order valence-corrected chi connectivity index (χ3v) is 4.07. The molecule has 0 bridgehead atoms. The second kappa shape index (κ2) is 7.08. The molecule has 1 heterocycles. The summed E-state index contributed by atoms with van der Waals surface area (Å²) in [6.07, 6.45) is 2.10. The minimum atomic E-state index is -0.375. The molecule has 1 N–H and O–H groups in total. The highest BCUT2D eigenvalue weighted by molar-refractivity contribution is 5.04. The fourth-order valence-electron chi connectivity index (χ4n) is 2.61. The summed E-state index contributed by atoms with van der Waals surface area (Å²) in [6, 6.07) is 3.08. The summed E-state index contributed by atoms with van der Waals surface area (Å²) in [7, 11) is 2.21. The Morgan fingerprint density at radius 1 is 1.39 bits per heavy atom. The van der Waals surface area contributed by atoms with Gasteiger partial charge in [0.05, 0.1) is 6.07 Å². The highest BCUT2D eigenvalue weighted by Gasteiger charge is 2.26. The van der Waals surface area contributed by atoms with Crippen LogP contribution in [0, 0.1) is 11.3 Å². The van der Waals surface area contributed by atoms with Crippen molar-refractivity contribution in [2.45, 2.75) is 45.2 Å². The lowest BCUT2D eigenvalue weighted by Crippen LogP contribution is -2.52. The van der Waals surface area contributed by atoms with E-state index in [2.05, 4.69) is 42.1 Å². The predicted molar refractivity (Wildman–Crippen MR) is 75.5 cm³/mol. The van der Waals surface area contributed by atoms with E-state index < -0.39 is 0 Å². The molecule has 18 heavy (non-hydrogen) atoms. The number of hydrogen-bond donors (Lipinski definition) is 1. The van der Waals surface area contributed by atoms with E-state index >= 15 is 0 Å². The zero-order valence-corrected chi connectivity index (χ0v) is 12.4. The number of nitriles is 1. The van der Waals surface area contributed by atoms with Gasteiger partial charge in [0.2, 0.25) is 0 Å². The fourth-order valence-corrected chi connectivity index (χ4v) is 2.61. The van der Waals surface area contributed by atoms with E-state index in [1.54, 1.807) is 0 Å². The zero-order valence-electron chi connectivity index (χ0n) is 12.4. The van der Waals surface area contributed by atoms with Crippen LogP contribution < -0.4 is 5.32 Å². The molecule has 1 rings (SSSR count). The molecule has 104 valence electrons. The minimum absolute atomic E-state index is 0.375. The van der Waals surface area contributed by atoms with E-state index in [9.17, 15) is 5.26 Å². The largest absolute Gasteiger partial charge is 0.301 e. The average molecular weight is 252 g/mol. The maximum atomic E-state index is 9.25. The Hall–Kier alpha value is -0.630. The van der Waals surface area contributed by atoms with Crippen LogP contribution in [-0.2, 0) is 0 Å². The Bertz CT molecular complexity index is 286. The number of rotatable bonds is 6. The molecule has 0 amide bonds.